The fraction of sp³-hybridized carbons (Fsp3) is 0.385. The number of benzene rings is 1. The van der Waals surface area contributed by atoms with Crippen LogP contribution in [0.15, 0.2) is 18.2 Å². The zero-order valence-corrected chi connectivity index (χ0v) is 11.0. The molecule has 0 bridgehead atoms. The highest BCUT2D eigenvalue weighted by atomic mass is 16.6. The molecule has 7 heteroatoms. The second kappa shape index (κ2) is 7.22. The van der Waals surface area contributed by atoms with E-state index in [0.717, 1.165) is 6.07 Å². The molecule has 0 unspecified atom stereocenters. The van der Waals surface area contributed by atoms with E-state index >= 15 is 0 Å². The number of nitrogens with zero attached hydrogens (tertiary/aromatic N) is 1. The second-order valence-electron chi connectivity index (χ2n) is 4.04. The van der Waals surface area contributed by atoms with Crippen LogP contribution in [0.5, 0.6) is 5.75 Å². The van der Waals surface area contributed by atoms with E-state index in [-0.39, 0.29) is 48.7 Å². The maximum atomic E-state index is 11.8. The third-order valence-corrected chi connectivity index (χ3v) is 2.57. The fourth-order valence-electron chi connectivity index (χ4n) is 1.66. The predicted octanol–water partition coefficient (Wildman–Crippen LogP) is 2.43. The number of rotatable bonds is 8. The first-order chi connectivity index (χ1) is 9.45. The number of nitro groups is 1. The zero-order chi connectivity index (χ0) is 15.1. The minimum atomic E-state index is -0.976. The summed E-state index contributed by atoms with van der Waals surface area (Å²) in [7, 11) is 0. The van der Waals surface area contributed by atoms with Crippen LogP contribution < -0.4 is 4.74 Å². The summed E-state index contributed by atoms with van der Waals surface area (Å²) in [5.41, 5.74) is -0.0820. The van der Waals surface area contributed by atoms with E-state index in [4.69, 9.17) is 9.84 Å². The summed E-state index contributed by atoms with van der Waals surface area (Å²) in [6.45, 7) is 1.99. The number of ketones is 1. The van der Waals surface area contributed by atoms with Crippen LogP contribution in [-0.4, -0.2) is 28.4 Å². The molecule has 108 valence electrons. The topological polar surface area (TPSA) is 107 Å². The van der Waals surface area contributed by atoms with Crippen LogP contribution in [0.2, 0.25) is 0 Å². The average molecular weight is 281 g/mol. The van der Waals surface area contributed by atoms with Gasteiger partial charge in [0, 0.05) is 24.5 Å². The molecule has 0 saturated heterocycles. The summed E-state index contributed by atoms with van der Waals surface area (Å²) in [6, 6.07) is 3.99. The largest absolute Gasteiger partial charge is 0.487 e. The van der Waals surface area contributed by atoms with Gasteiger partial charge in [0.15, 0.2) is 11.5 Å². The summed E-state index contributed by atoms with van der Waals surface area (Å²) >= 11 is 0. The summed E-state index contributed by atoms with van der Waals surface area (Å²) in [4.78, 5) is 32.5. The molecule has 0 aliphatic rings. The first-order valence-corrected chi connectivity index (χ1v) is 6.12. The molecule has 0 aromatic heterocycles. The molecule has 0 atom stereocenters. The van der Waals surface area contributed by atoms with Gasteiger partial charge in [0.1, 0.15) is 0 Å². The smallest absolute Gasteiger partial charge is 0.311 e. The normalized spacial score (nSPS) is 10.1. The van der Waals surface area contributed by atoms with Crippen LogP contribution in [0.3, 0.4) is 0 Å². The van der Waals surface area contributed by atoms with E-state index in [0.29, 0.717) is 0 Å². The zero-order valence-electron chi connectivity index (χ0n) is 11.0. The van der Waals surface area contributed by atoms with Crippen molar-refractivity contribution in [1.82, 2.24) is 0 Å². The van der Waals surface area contributed by atoms with Gasteiger partial charge in [-0.25, -0.2) is 0 Å². The lowest BCUT2D eigenvalue weighted by Crippen LogP contribution is -2.04. The highest BCUT2D eigenvalue weighted by molar-refractivity contribution is 5.97. The molecule has 0 amide bonds. The third kappa shape index (κ3) is 4.34. The summed E-state index contributed by atoms with van der Waals surface area (Å²) in [5, 5.41) is 19.4. The van der Waals surface area contributed by atoms with Gasteiger partial charge in [-0.2, -0.15) is 0 Å². The van der Waals surface area contributed by atoms with Gasteiger partial charge in [-0.15, -0.1) is 0 Å². The van der Waals surface area contributed by atoms with Crippen molar-refractivity contribution >= 4 is 17.4 Å². The van der Waals surface area contributed by atoms with E-state index < -0.39 is 10.9 Å². The number of carbonyl (C=O) groups excluding carboxylic acids is 1. The number of ether oxygens (including phenoxy) is 1. The molecule has 1 rings (SSSR count). The number of carbonyl (C=O) groups is 2. The first kappa shape index (κ1) is 15.6. The number of hydrogen-bond donors (Lipinski definition) is 1. The molecule has 0 saturated carbocycles. The number of hydrogen-bond acceptors (Lipinski definition) is 5. The van der Waals surface area contributed by atoms with Gasteiger partial charge >= 0.3 is 11.7 Å². The predicted molar refractivity (Wildman–Crippen MR) is 70.1 cm³/mol. The molecule has 0 radical (unpaired) electrons. The highest BCUT2D eigenvalue weighted by Gasteiger charge is 2.18. The van der Waals surface area contributed by atoms with Crippen molar-refractivity contribution in [2.75, 3.05) is 6.61 Å². The molecule has 1 aromatic rings. The van der Waals surface area contributed by atoms with Gasteiger partial charge in [-0.1, -0.05) is 0 Å². The maximum absolute atomic E-state index is 11.8. The Labute approximate surface area is 115 Å². The SMILES string of the molecule is CCOc1ccc(C(=O)CCCC(=O)O)cc1[N+](=O)[O-]. The van der Waals surface area contributed by atoms with Crippen LogP contribution in [0.1, 0.15) is 36.5 Å². The summed E-state index contributed by atoms with van der Waals surface area (Å²) in [5.74, 6) is -1.19. The van der Waals surface area contributed by atoms with E-state index in [2.05, 4.69) is 0 Å². The minimum Gasteiger partial charge on any atom is -0.487 e. The van der Waals surface area contributed by atoms with Crippen molar-refractivity contribution < 1.29 is 24.4 Å². The summed E-state index contributed by atoms with van der Waals surface area (Å²) in [6.07, 6.45) is 0.136. The molecule has 0 heterocycles. The van der Waals surface area contributed by atoms with Crippen molar-refractivity contribution in [3.63, 3.8) is 0 Å². The fourth-order valence-corrected chi connectivity index (χ4v) is 1.66. The quantitative estimate of drug-likeness (QED) is 0.445. The lowest BCUT2D eigenvalue weighted by Gasteiger charge is -2.06. The Morgan fingerprint density at radius 2 is 2.05 bits per heavy atom. The van der Waals surface area contributed by atoms with Gasteiger partial charge in [-0.05, 0) is 25.5 Å². The van der Waals surface area contributed by atoms with Gasteiger partial charge in [0.2, 0.25) is 0 Å². The van der Waals surface area contributed by atoms with Gasteiger partial charge in [-0.3, -0.25) is 19.7 Å². The lowest BCUT2D eigenvalue weighted by atomic mass is 10.0. The van der Waals surface area contributed by atoms with Gasteiger partial charge < -0.3 is 9.84 Å². The van der Waals surface area contributed by atoms with Crippen LogP contribution in [-0.2, 0) is 4.79 Å². The monoisotopic (exact) mass is 281 g/mol. The van der Waals surface area contributed by atoms with Gasteiger partial charge in [0.25, 0.3) is 0 Å². The van der Waals surface area contributed by atoms with Crippen molar-refractivity contribution in [3.05, 3.63) is 33.9 Å². The molecule has 0 aliphatic heterocycles. The molecule has 1 aromatic carbocycles. The third-order valence-electron chi connectivity index (χ3n) is 2.57. The molecule has 1 N–H and O–H groups in total. The molecule has 0 fully saturated rings. The Bertz CT molecular complexity index is 526. The molecule has 20 heavy (non-hydrogen) atoms. The molecule has 7 nitrogen and oxygen atoms in total. The number of carboxylic acid groups (broad SMARTS) is 1. The first-order valence-electron chi connectivity index (χ1n) is 6.12. The van der Waals surface area contributed by atoms with Crippen molar-refractivity contribution in [1.29, 1.82) is 0 Å². The van der Waals surface area contributed by atoms with Crippen molar-refractivity contribution in [3.8, 4) is 5.75 Å². The van der Waals surface area contributed by atoms with E-state index in [1.54, 1.807) is 6.92 Å². The Morgan fingerprint density at radius 3 is 2.60 bits per heavy atom. The Kier molecular flexibility index (Phi) is 5.64. The lowest BCUT2D eigenvalue weighted by molar-refractivity contribution is -0.385. The van der Waals surface area contributed by atoms with Crippen molar-refractivity contribution in [2.24, 2.45) is 0 Å². The highest BCUT2D eigenvalue weighted by Crippen LogP contribution is 2.28. The maximum Gasteiger partial charge on any atom is 0.311 e. The van der Waals surface area contributed by atoms with Crippen LogP contribution in [0, 0.1) is 10.1 Å². The molecular weight excluding hydrogens is 266 g/mol. The molecule has 0 aliphatic carbocycles. The van der Waals surface area contributed by atoms with Crippen molar-refractivity contribution in [2.45, 2.75) is 26.2 Å². The standard InChI is InChI=1S/C13H15NO6/c1-2-20-12-7-6-9(8-10(12)14(18)19)11(15)4-3-5-13(16)17/h6-8H,2-5H2,1H3,(H,16,17). The Hall–Kier alpha value is -2.44. The van der Waals surface area contributed by atoms with Crippen LogP contribution in [0.4, 0.5) is 5.69 Å². The van der Waals surface area contributed by atoms with E-state index in [1.807, 2.05) is 0 Å². The van der Waals surface area contributed by atoms with Crippen LogP contribution in [0.25, 0.3) is 0 Å². The van der Waals surface area contributed by atoms with E-state index in [1.165, 1.54) is 12.1 Å². The average Bonchev–Trinajstić information content (AvgIpc) is 2.38. The second-order valence-corrected chi connectivity index (χ2v) is 4.04. The number of Topliss-reactive ketones (excluding diaryl/α,β-unsaturated/α-hetero) is 1. The Balaban J connectivity index is 2.85. The number of aliphatic carboxylic acids is 1. The van der Waals surface area contributed by atoms with E-state index in [9.17, 15) is 19.7 Å². The molecular formula is C13H15NO6. The van der Waals surface area contributed by atoms with Crippen LogP contribution >= 0.6 is 0 Å². The number of carboxylic acids is 1. The minimum absolute atomic E-state index is 0.0391. The van der Waals surface area contributed by atoms with Gasteiger partial charge in [0.05, 0.1) is 11.5 Å². The Morgan fingerprint density at radius 1 is 1.35 bits per heavy atom. The molecule has 0 spiro atoms. The summed E-state index contributed by atoms with van der Waals surface area (Å²) < 4.78 is 5.11. The number of nitro benzene ring substituents is 1.